The molecule has 3 nitrogen and oxygen atoms in total. The van der Waals surface area contributed by atoms with Gasteiger partial charge in [0.05, 0.1) is 5.41 Å². The highest BCUT2D eigenvalue weighted by atomic mass is 32.2. The van der Waals surface area contributed by atoms with Gasteiger partial charge >= 0.3 is 5.51 Å². The molecule has 0 saturated heterocycles. The molecule has 0 atom stereocenters. The van der Waals surface area contributed by atoms with Gasteiger partial charge in [0.1, 0.15) is 0 Å². The SMILES string of the molecule is CC(C)(N)C(C)(C)C(=O)Nc1ccc(SC(F)(F)F)cc1. The Kier molecular flexibility index (Phi) is 5.00. The number of carbonyl (C=O) groups excluding carboxylic acids is 1. The van der Waals surface area contributed by atoms with E-state index in [0.29, 0.717) is 5.69 Å². The number of benzene rings is 1. The Labute approximate surface area is 126 Å². The summed E-state index contributed by atoms with van der Waals surface area (Å²) in [6, 6.07) is 5.50. The number of nitrogens with one attached hydrogen (secondary N) is 1. The summed E-state index contributed by atoms with van der Waals surface area (Å²) in [5, 5.41) is 2.67. The topological polar surface area (TPSA) is 55.1 Å². The van der Waals surface area contributed by atoms with E-state index in [1.807, 2.05) is 0 Å². The number of anilines is 1. The van der Waals surface area contributed by atoms with Gasteiger partial charge < -0.3 is 11.1 Å². The molecule has 0 unspecified atom stereocenters. The standard InChI is InChI=1S/C14H19F3N2OS/c1-12(2,13(3,4)18)11(20)19-9-5-7-10(8-6-9)21-14(15,16)17/h5-8H,18H2,1-4H3,(H,19,20). The Morgan fingerprint density at radius 3 is 1.95 bits per heavy atom. The fourth-order valence-corrected chi connectivity index (χ4v) is 1.86. The summed E-state index contributed by atoms with van der Waals surface area (Å²) in [6.07, 6.45) is 0. The highest BCUT2D eigenvalue weighted by molar-refractivity contribution is 8.00. The minimum Gasteiger partial charge on any atom is -0.326 e. The van der Waals surface area contributed by atoms with Crippen LogP contribution in [0.4, 0.5) is 18.9 Å². The van der Waals surface area contributed by atoms with Crippen molar-refractivity contribution in [3.63, 3.8) is 0 Å². The number of carbonyl (C=O) groups is 1. The summed E-state index contributed by atoms with van der Waals surface area (Å²) in [5.41, 5.74) is 0.523. The number of thioether (sulfide) groups is 1. The maximum Gasteiger partial charge on any atom is 0.446 e. The van der Waals surface area contributed by atoms with Gasteiger partial charge in [0.25, 0.3) is 0 Å². The van der Waals surface area contributed by atoms with Crippen LogP contribution in [0, 0.1) is 5.41 Å². The van der Waals surface area contributed by atoms with E-state index in [9.17, 15) is 18.0 Å². The van der Waals surface area contributed by atoms with Crippen LogP contribution in [0.15, 0.2) is 29.2 Å². The van der Waals surface area contributed by atoms with Crippen LogP contribution in [0.1, 0.15) is 27.7 Å². The lowest BCUT2D eigenvalue weighted by Gasteiger charge is -2.36. The molecule has 1 rings (SSSR count). The molecule has 3 N–H and O–H groups in total. The zero-order chi connectivity index (χ0) is 16.5. The molecule has 0 radical (unpaired) electrons. The minimum atomic E-state index is -4.32. The van der Waals surface area contributed by atoms with Crippen molar-refractivity contribution in [3.05, 3.63) is 24.3 Å². The Bertz CT molecular complexity index is 504. The average molecular weight is 320 g/mol. The fourth-order valence-electron chi connectivity index (χ4n) is 1.32. The van der Waals surface area contributed by atoms with Crippen molar-refractivity contribution < 1.29 is 18.0 Å². The van der Waals surface area contributed by atoms with Crippen LogP contribution >= 0.6 is 11.8 Å². The third kappa shape index (κ3) is 4.93. The minimum absolute atomic E-state index is 0.0684. The largest absolute Gasteiger partial charge is 0.446 e. The molecule has 0 aromatic heterocycles. The summed E-state index contributed by atoms with van der Waals surface area (Å²) in [6.45, 7) is 6.93. The molecular formula is C14H19F3N2OS. The molecule has 0 fully saturated rings. The maximum atomic E-state index is 12.2. The number of hydrogen-bond donors (Lipinski definition) is 2. The van der Waals surface area contributed by atoms with E-state index in [1.165, 1.54) is 24.3 Å². The quantitative estimate of drug-likeness (QED) is 0.825. The van der Waals surface area contributed by atoms with Crippen LogP contribution in [0.5, 0.6) is 0 Å². The van der Waals surface area contributed by atoms with Gasteiger partial charge in [-0.2, -0.15) is 13.2 Å². The Morgan fingerprint density at radius 1 is 1.10 bits per heavy atom. The highest BCUT2D eigenvalue weighted by Crippen LogP contribution is 2.37. The first-order valence-corrected chi connectivity index (χ1v) is 7.11. The van der Waals surface area contributed by atoms with E-state index in [4.69, 9.17) is 5.73 Å². The van der Waals surface area contributed by atoms with Gasteiger partial charge in [0.15, 0.2) is 0 Å². The summed E-state index contributed by atoms with van der Waals surface area (Å²) in [5.74, 6) is -0.286. The molecule has 7 heteroatoms. The summed E-state index contributed by atoms with van der Waals surface area (Å²) < 4.78 is 36.7. The summed E-state index contributed by atoms with van der Waals surface area (Å²) >= 11 is -0.195. The third-order valence-corrected chi connectivity index (χ3v) is 4.26. The van der Waals surface area contributed by atoms with Crippen LogP contribution in [0.3, 0.4) is 0 Å². The van der Waals surface area contributed by atoms with Crippen LogP contribution in [-0.4, -0.2) is 17.0 Å². The number of halogens is 3. The van der Waals surface area contributed by atoms with Crippen LogP contribution in [-0.2, 0) is 4.79 Å². The summed E-state index contributed by atoms with van der Waals surface area (Å²) in [7, 11) is 0. The van der Waals surface area contributed by atoms with Gasteiger partial charge in [0, 0.05) is 16.1 Å². The zero-order valence-corrected chi connectivity index (χ0v) is 13.2. The number of nitrogens with two attached hydrogens (primary N) is 1. The predicted octanol–water partition coefficient (Wildman–Crippen LogP) is 4.00. The van der Waals surface area contributed by atoms with Gasteiger partial charge in [-0.3, -0.25) is 4.79 Å². The molecule has 0 aliphatic heterocycles. The maximum absolute atomic E-state index is 12.2. The van der Waals surface area contributed by atoms with Gasteiger partial charge in [-0.05, 0) is 63.7 Å². The third-order valence-electron chi connectivity index (χ3n) is 3.52. The molecule has 1 aromatic carbocycles. The van der Waals surface area contributed by atoms with Crippen molar-refractivity contribution in [1.82, 2.24) is 0 Å². The van der Waals surface area contributed by atoms with Gasteiger partial charge in [-0.15, -0.1) is 0 Å². The molecule has 0 bridgehead atoms. The van der Waals surface area contributed by atoms with Crippen molar-refractivity contribution in [2.24, 2.45) is 11.1 Å². The Morgan fingerprint density at radius 2 is 1.57 bits per heavy atom. The number of rotatable bonds is 4. The number of alkyl halides is 3. The van der Waals surface area contributed by atoms with Gasteiger partial charge in [-0.25, -0.2) is 0 Å². The van der Waals surface area contributed by atoms with Gasteiger partial charge in [0.2, 0.25) is 5.91 Å². The lowest BCUT2D eigenvalue weighted by atomic mass is 9.74. The monoisotopic (exact) mass is 320 g/mol. The van der Waals surface area contributed by atoms with Crippen molar-refractivity contribution in [3.8, 4) is 0 Å². The van der Waals surface area contributed by atoms with Crippen molar-refractivity contribution in [2.75, 3.05) is 5.32 Å². The van der Waals surface area contributed by atoms with E-state index in [-0.39, 0.29) is 22.6 Å². The van der Waals surface area contributed by atoms with E-state index in [1.54, 1.807) is 27.7 Å². The second kappa shape index (κ2) is 5.88. The lowest BCUT2D eigenvalue weighted by Crippen LogP contribution is -2.53. The predicted molar refractivity (Wildman–Crippen MR) is 79.0 cm³/mol. The molecule has 0 aliphatic rings. The second-order valence-corrected chi connectivity index (χ2v) is 7.01. The van der Waals surface area contributed by atoms with Crippen LogP contribution in [0.25, 0.3) is 0 Å². The van der Waals surface area contributed by atoms with E-state index in [2.05, 4.69) is 5.32 Å². The van der Waals surface area contributed by atoms with E-state index in [0.717, 1.165) is 0 Å². The Balaban J connectivity index is 2.79. The van der Waals surface area contributed by atoms with Crippen molar-refractivity contribution in [1.29, 1.82) is 0 Å². The van der Waals surface area contributed by atoms with E-state index >= 15 is 0 Å². The highest BCUT2D eigenvalue weighted by Gasteiger charge is 2.40. The molecule has 0 aliphatic carbocycles. The molecule has 21 heavy (non-hydrogen) atoms. The molecular weight excluding hydrogens is 301 g/mol. The van der Waals surface area contributed by atoms with Crippen molar-refractivity contribution >= 4 is 23.4 Å². The zero-order valence-electron chi connectivity index (χ0n) is 12.3. The molecule has 0 spiro atoms. The normalized spacial score (nSPS) is 13.1. The van der Waals surface area contributed by atoms with Crippen molar-refractivity contribution in [2.45, 2.75) is 43.6 Å². The molecule has 0 saturated carbocycles. The smallest absolute Gasteiger partial charge is 0.326 e. The second-order valence-electron chi connectivity index (χ2n) is 5.87. The van der Waals surface area contributed by atoms with Crippen LogP contribution in [0.2, 0.25) is 0 Å². The first-order valence-electron chi connectivity index (χ1n) is 6.29. The number of hydrogen-bond acceptors (Lipinski definition) is 3. The fraction of sp³-hybridized carbons (Fsp3) is 0.500. The average Bonchev–Trinajstić information content (AvgIpc) is 2.28. The van der Waals surface area contributed by atoms with E-state index < -0.39 is 16.5 Å². The molecule has 0 heterocycles. The molecule has 1 aromatic rings. The molecule has 1 amide bonds. The first-order chi connectivity index (χ1) is 9.33. The lowest BCUT2D eigenvalue weighted by molar-refractivity contribution is -0.126. The Hall–Kier alpha value is -1.21. The summed E-state index contributed by atoms with van der Waals surface area (Å²) in [4.78, 5) is 12.3. The first kappa shape index (κ1) is 17.8. The molecule has 118 valence electrons. The van der Waals surface area contributed by atoms with Crippen LogP contribution < -0.4 is 11.1 Å². The number of amides is 1. The van der Waals surface area contributed by atoms with Gasteiger partial charge in [-0.1, -0.05) is 0 Å².